The summed E-state index contributed by atoms with van der Waals surface area (Å²) in [4.78, 5) is 14.9. The number of aliphatic imine (C=N–C) groups is 1. The summed E-state index contributed by atoms with van der Waals surface area (Å²) >= 11 is 3.56. The lowest BCUT2D eigenvalue weighted by molar-refractivity contribution is 0.451. The van der Waals surface area contributed by atoms with Gasteiger partial charge in [-0.25, -0.2) is 4.79 Å². The molecule has 0 atom stereocenters. The maximum Gasteiger partial charge on any atom is 0.235 e. The summed E-state index contributed by atoms with van der Waals surface area (Å²) in [6.07, 6.45) is 5.97. The third-order valence-corrected chi connectivity index (χ3v) is 4.62. The van der Waals surface area contributed by atoms with Gasteiger partial charge in [0.1, 0.15) is 0 Å². The van der Waals surface area contributed by atoms with Crippen molar-refractivity contribution in [2.75, 3.05) is 0 Å². The fourth-order valence-corrected chi connectivity index (χ4v) is 3.33. The molecule has 1 aromatic carbocycles. The molecule has 17 heavy (non-hydrogen) atoms. The fourth-order valence-electron chi connectivity index (χ4n) is 3.00. The standard InChI is InChI=1S/C14H16BrNO/c1-10-5-6-12(15)11(2)13(10)14(16-9-17)7-3-4-8-14/h5-6H,3-4,7-8H2,1-2H3. The normalized spacial score (nSPS) is 17.8. The number of halogens is 1. The van der Waals surface area contributed by atoms with Crippen molar-refractivity contribution < 1.29 is 4.79 Å². The maximum atomic E-state index is 10.7. The van der Waals surface area contributed by atoms with Crippen LogP contribution in [0.2, 0.25) is 0 Å². The van der Waals surface area contributed by atoms with Crippen LogP contribution in [0.25, 0.3) is 0 Å². The lowest BCUT2D eigenvalue weighted by atomic mass is 9.83. The molecular formula is C14H16BrNO. The van der Waals surface area contributed by atoms with Crippen molar-refractivity contribution in [3.8, 4) is 0 Å². The van der Waals surface area contributed by atoms with E-state index in [1.54, 1.807) is 6.08 Å². The van der Waals surface area contributed by atoms with Crippen LogP contribution in [-0.4, -0.2) is 6.08 Å². The Labute approximate surface area is 110 Å². The second-order valence-electron chi connectivity index (χ2n) is 4.81. The van der Waals surface area contributed by atoms with Crippen LogP contribution in [-0.2, 0) is 10.3 Å². The number of rotatable bonds is 2. The first-order chi connectivity index (χ1) is 8.10. The summed E-state index contributed by atoms with van der Waals surface area (Å²) in [5.74, 6) is 0. The van der Waals surface area contributed by atoms with Gasteiger partial charge >= 0.3 is 0 Å². The third-order valence-electron chi connectivity index (χ3n) is 3.76. The Morgan fingerprint density at radius 1 is 1.29 bits per heavy atom. The molecule has 1 aliphatic carbocycles. The first-order valence-corrected chi connectivity index (χ1v) is 6.75. The molecule has 0 bridgehead atoms. The predicted octanol–water partition coefficient (Wildman–Crippen LogP) is 4.17. The SMILES string of the molecule is Cc1ccc(Br)c(C)c1C1(N=C=O)CCCC1. The van der Waals surface area contributed by atoms with Crippen LogP contribution in [0, 0.1) is 13.8 Å². The van der Waals surface area contributed by atoms with E-state index in [4.69, 9.17) is 0 Å². The lowest BCUT2D eigenvalue weighted by Gasteiger charge is -2.27. The van der Waals surface area contributed by atoms with Crippen LogP contribution in [0.4, 0.5) is 0 Å². The maximum absolute atomic E-state index is 10.7. The number of hydrogen-bond donors (Lipinski definition) is 0. The molecule has 0 aliphatic heterocycles. The highest BCUT2D eigenvalue weighted by molar-refractivity contribution is 9.10. The third kappa shape index (κ3) is 2.10. The van der Waals surface area contributed by atoms with Crippen molar-refractivity contribution in [3.63, 3.8) is 0 Å². The Hall–Kier alpha value is -0.920. The molecule has 0 N–H and O–H groups in total. The van der Waals surface area contributed by atoms with Crippen molar-refractivity contribution in [2.24, 2.45) is 4.99 Å². The Bertz CT molecular complexity index is 483. The van der Waals surface area contributed by atoms with E-state index in [1.165, 1.54) is 16.7 Å². The van der Waals surface area contributed by atoms with E-state index in [1.807, 2.05) is 0 Å². The van der Waals surface area contributed by atoms with Gasteiger partial charge in [0.15, 0.2) is 0 Å². The Kier molecular flexibility index (Phi) is 3.50. The molecule has 0 amide bonds. The summed E-state index contributed by atoms with van der Waals surface area (Å²) < 4.78 is 1.09. The Balaban J connectivity index is 2.65. The van der Waals surface area contributed by atoms with E-state index < -0.39 is 0 Å². The fraction of sp³-hybridized carbons (Fsp3) is 0.500. The minimum Gasteiger partial charge on any atom is -0.211 e. The number of hydrogen-bond acceptors (Lipinski definition) is 2. The quantitative estimate of drug-likeness (QED) is 0.594. The highest BCUT2D eigenvalue weighted by Gasteiger charge is 2.38. The van der Waals surface area contributed by atoms with Crippen LogP contribution in [0.1, 0.15) is 42.4 Å². The zero-order chi connectivity index (χ0) is 12.5. The first-order valence-electron chi connectivity index (χ1n) is 5.96. The molecule has 1 aliphatic rings. The Morgan fingerprint density at radius 3 is 2.53 bits per heavy atom. The largest absolute Gasteiger partial charge is 0.235 e. The van der Waals surface area contributed by atoms with Crippen LogP contribution >= 0.6 is 15.9 Å². The van der Waals surface area contributed by atoms with Crippen molar-refractivity contribution in [1.29, 1.82) is 0 Å². The highest BCUT2D eigenvalue weighted by atomic mass is 79.9. The van der Waals surface area contributed by atoms with Gasteiger partial charge in [-0.15, -0.1) is 0 Å². The molecule has 0 aromatic heterocycles. The van der Waals surface area contributed by atoms with Gasteiger partial charge < -0.3 is 0 Å². The van der Waals surface area contributed by atoms with E-state index in [9.17, 15) is 4.79 Å². The smallest absolute Gasteiger partial charge is 0.211 e. The number of isocyanates is 1. The molecule has 1 saturated carbocycles. The van der Waals surface area contributed by atoms with Gasteiger partial charge in [0.25, 0.3) is 0 Å². The number of carbonyl (C=O) groups excluding carboxylic acids is 1. The van der Waals surface area contributed by atoms with E-state index in [2.05, 4.69) is 46.9 Å². The highest BCUT2D eigenvalue weighted by Crippen LogP contribution is 2.45. The molecule has 2 rings (SSSR count). The van der Waals surface area contributed by atoms with Crippen LogP contribution < -0.4 is 0 Å². The van der Waals surface area contributed by atoms with Gasteiger partial charge in [0, 0.05) is 4.47 Å². The molecule has 0 unspecified atom stereocenters. The zero-order valence-electron chi connectivity index (χ0n) is 10.2. The molecule has 90 valence electrons. The van der Waals surface area contributed by atoms with E-state index >= 15 is 0 Å². The first kappa shape index (κ1) is 12.5. The molecule has 2 nitrogen and oxygen atoms in total. The Morgan fingerprint density at radius 2 is 1.94 bits per heavy atom. The summed E-state index contributed by atoms with van der Waals surface area (Å²) in [6.45, 7) is 4.18. The van der Waals surface area contributed by atoms with Gasteiger partial charge in [-0.1, -0.05) is 34.8 Å². The molecular weight excluding hydrogens is 278 g/mol. The van der Waals surface area contributed by atoms with Crippen LogP contribution in [0.3, 0.4) is 0 Å². The van der Waals surface area contributed by atoms with Crippen molar-refractivity contribution in [3.05, 3.63) is 33.3 Å². The van der Waals surface area contributed by atoms with E-state index in [0.29, 0.717) is 0 Å². The topological polar surface area (TPSA) is 29.4 Å². The molecule has 1 aromatic rings. The summed E-state index contributed by atoms with van der Waals surface area (Å²) in [7, 11) is 0. The van der Waals surface area contributed by atoms with Crippen LogP contribution in [0.15, 0.2) is 21.6 Å². The summed E-state index contributed by atoms with van der Waals surface area (Å²) in [6, 6.07) is 4.15. The summed E-state index contributed by atoms with van der Waals surface area (Å²) in [5.41, 5.74) is 3.31. The lowest BCUT2D eigenvalue weighted by Crippen LogP contribution is -2.22. The van der Waals surface area contributed by atoms with Gasteiger partial charge in [-0.2, -0.15) is 4.99 Å². The second-order valence-corrected chi connectivity index (χ2v) is 5.66. The molecule has 0 saturated heterocycles. The number of benzene rings is 1. The molecule has 0 spiro atoms. The van der Waals surface area contributed by atoms with Crippen molar-refractivity contribution >= 4 is 22.0 Å². The number of aryl methyl sites for hydroxylation is 1. The average molecular weight is 294 g/mol. The van der Waals surface area contributed by atoms with Crippen LogP contribution in [0.5, 0.6) is 0 Å². The molecule has 0 radical (unpaired) electrons. The zero-order valence-corrected chi connectivity index (χ0v) is 11.8. The molecule has 3 heteroatoms. The van der Waals surface area contributed by atoms with Crippen molar-refractivity contribution in [1.82, 2.24) is 0 Å². The predicted molar refractivity (Wildman–Crippen MR) is 71.9 cm³/mol. The van der Waals surface area contributed by atoms with Gasteiger partial charge in [-0.3, -0.25) is 0 Å². The minimum atomic E-state index is -0.320. The summed E-state index contributed by atoms with van der Waals surface area (Å²) in [5, 5.41) is 0. The molecule has 1 fully saturated rings. The molecule has 0 heterocycles. The van der Waals surface area contributed by atoms with Gasteiger partial charge in [0.05, 0.1) is 5.54 Å². The van der Waals surface area contributed by atoms with Gasteiger partial charge in [-0.05, 0) is 49.4 Å². The monoisotopic (exact) mass is 293 g/mol. The van der Waals surface area contributed by atoms with Gasteiger partial charge in [0.2, 0.25) is 6.08 Å². The second kappa shape index (κ2) is 4.75. The van der Waals surface area contributed by atoms with E-state index in [0.717, 1.165) is 30.2 Å². The number of nitrogens with zero attached hydrogens (tertiary/aromatic N) is 1. The average Bonchev–Trinajstić information content (AvgIpc) is 2.74. The van der Waals surface area contributed by atoms with Crippen molar-refractivity contribution in [2.45, 2.75) is 45.1 Å². The minimum absolute atomic E-state index is 0.320. The van der Waals surface area contributed by atoms with E-state index in [-0.39, 0.29) is 5.54 Å².